The Morgan fingerprint density at radius 2 is 1.96 bits per heavy atom. The van der Waals surface area contributed by atoms with E-state index >= 15 is 0 Å². The number of carbonyl (C=O) groups excluding carboxylic acids is 1. The van der Waals surface area contributed by atoms with Crippen LogP contribution in [0.1, 0.15) is 35.8 Å². The number of aliphatic hydroxyl groups is 1. The van der Waals surface area contributed by atoms with Gasteiger partial charge >= 0.3 is 0 Å². The highest BCUT2D eigenvalue weighted by Crippen LogP contribution is 2.32. The Morgan fingerprint density at radius 3 is 2.74 bits per heavy atom. The number of benzene rings is 2. The topological polar surface area (TPSA) is 77.0 Å². The summed E-state index contributed by atoms with van der Waals surface area (Å²) in [6, 6.07) is 12.8. The fourth-order valence-electron chi connectivity index (χ4n) is 2.82. The van der Waals surface area contributed by atoms with E-state index in [2.05, 4.69) is 5.32 Å². The molecular formula is C21H25NO5. The Balaban J connectivity index is 1.48. The highest BCUT2D eigenvalue weighted by molar-refractivity contribution is 5.94. The average molecular weight is 371 g/mol. The maximum absolute atomic E-state index is 11.4. The highest BCUT2D eigenvalue weighted by Gasteiger charge is 2.15. The fourth-order valence-corrected chi connectivity index (χ4v) is 2.82. The molecule has 0 aliphatic carbocycles. The van der Waals surface area contributed by atoms with Crippen molar-refractivity contribution in [3.05, 3.63) is 53.6 Å². The molecule has 6 nitrogen and oxygen atoms in total. The van der Waals surface area contributed by atoms with Crippen LogP contribution < -0.4 is 19.5 Å². The molecule has 6 heteroatoms. The van der Waals surface area contributed by atoms with E-state index in [9.17, 15) is 9.90 Å². The van der Waals surface area contributed by atoms with Crippen LogP contribution in [0.15, 0.2) is 42.5 Å². The first kappa shape index (κ1) is 19.2. The molecule has 0 fully saturated rings. The molecule has 0 aromatic heterocycles. The molecule has 0 saturated heterocycles. The smallest absolute Gasteiger partial charge is 0.161 e. The lowest BCUT2D eigenvalue weighted by atomic mass is 10.1. The summed E-state index contributed by atoms with van der Waals surface area (Å²) in [7, 11) is 0. The molecule has 144 valence electrons. The predicted octanol–water partition coefficient (Wildman–Crippen LogP) is 2.75. The molecule has 1 aliphatic heterocycles. The van der Waals surface area contributed by atoms with Gasteiger partial charge in [-0.1, -0.05) is 18.2 Å². The Morgan fingerprint density at radius 1 is 1.19 bits per heavy atom. The van der Waals surface area contributed by atoms with Crippen molar-refractivity contribution in [2.24, 2.45) is 0 Å². The van der Waals surface area contributed by atoms with E-state index in [0.717, 1.165) is 17.1 Å². The molecule has 1 aliphatic rings. The van der Waals surface area contributed by atoms with Crippen LogP contribution in [0.3, 0.4) is 0 Å². The van der Waals surface area contributed by atoms with Crippen LogP contribution in [0.2, 0.25) is 0 Å². The Bertz CT molecular complexity index is 792. The summed E-state index contributed by atoms with van der Waals surface area (Å²) >= 11 is 0. The van der Waals surface area contributed by atoms with Crippen LogP contribution in [-0.4, -0.2) is 43.4 Å². The van der Waals surface area contributed by atoms with Crippen molar-refractivity contribution in [1.82, 2.24) is 5.32 Å². The van der Waals surface area contributed by atoms with E-state index in [0.29, 0.717) is 31.1 Å². The second-order valence-electron chi connectivity index (χ2n) is 6.58. The lowest BCUT2D eigenvalue weighted by molar-refractivity contribution is 0.101. The summed E-state index contributed by atoms with van der Waals surface area (Å²) < 4.78 is 16.7. The van der Waals surface area contributed by atoms with Crippen LogP contribution in [0, 0.1) is 0 Å². The quantitative estimate of drug-likeness (QED) is 0.695. The predicted molar refractivity (Wildman–Crippen MR) is 102 cm³/mol. The van der Waals surface area contributed by atoms with Gasteiger partial charge in [0.05, 0.1) is 0 Å². The van der Waals surface area contributed by atoms with Crippen LogP contribution in [0.25, 0.3) is 0 Å². The van der Waals surface area contributed by atoms with Gasteiger partial charge in [0.15, 0.2) is 17.3 Å². The SMILES string of the molecule is CC(=O)c1cccc(OC[C@H](O)CN[C@H](C)c2ccc3c(c2)OCCO3)c1. The first-order valence-electron chi connectivity index (χ1n) is 9.07. The molecule has 1 heterocycles. The van der Waals surface area contributed by atoms with Crippen molar-refractivity contribution in [2.75, 3.05) is 26.4 Å². The third-order valence-corrected chi connectivity index (χ3v) is 4.41. The summed E-state index contributed by atoms with van der Waals surface area (Å²) in [5, 5.41) is 13.5. The number of ketones is 1. The van der Waals surface area contributed by atoms with Gasteiger partial charge in [-0.3, -0.25) is 4.79 Å². The number of aliphatic hydroxyl groups excluding tert-OH is 1. The number of fused-ring (bicyclic) bond motifs is 1. The van der Waals surface area contributed by atoms with Gasteiger partial charge in [0.25, 0.3) is 0 Å². The van der Waals surface area contributed by atoms with Crippen LogP contribution in [-0.2, 0) is 0 Å². The molecule has 2 N–H and O–H groups in total. The first-order chi connectivity index (χ1) is 13.0. The molecule has 0 spiro atoms. The number of hydrogen-bond donors (Lipinski definition) is 2. The number of hydrogen-bond acceptors (Lipinski definition) is 6. The third kappa shape index (κ3) is 5.21. The fraction of sp³-hybridized carbons (Fsp3) is 0.381. The van der Waals surface area contributed by atoms with E-state index in [1.807, 2.05) is 25.1 Å². The van der Waals surface area contributed by atoms with Crippen molar-refractivity contribution in [3.8, 4) is 17.2 Å². The van der Waals surface area contributed by atoms with Gasteiger partial charge in [0, 0.05) is 18.2 Å². The van der Waals surface area contributed by atoms with E-state index in [-0.39, 0.29) is 18.4 Å². The molecule has 0 amide bonds. The van der Waals surface area contributed by atoms with Gasteiger partial charge in [-0.25, -0.2) is 0 Å². The summed E-state index contributed by atoms with van der Waals surface area (Å²) in [4.78, 5) is 11.4. The summed E-state index contributed by atoms with van der Waals surface area (Å²) in [5.41, 5.74) is 1.65. The molecule has 0 saturated carbocycles. The normalized spacial score (nSPS) is 15.1. The molecule has 2 aromatic rings. The summed E-state index contributed by atoms with van der Waals surface area (Å²) in [6.45, 7) is 5.18. The van der Waals surface area contributed by atoms with Gasteiger partial charge in [-0.05, 0) is 43.7 Å². The maximum Gasteiger partial charge on any atom is 0.161 e. The van der Waals surface area contributed by atoms with Crippen molar-refractivity contribution in [1.29, 1.82) is 0 Å². The molecule has 0 radical (unpaired) electrons. The number of rotatable bonds is 8. The van der Waals surface area contributed by atoms with Crippen molar-refractivity contribution >= 4 is 5.78 Å². The van der Waals surface area contributed by atoms with E-state index < -0.39 is 6.10 Å². The van der Waals surface area contributed by atoms with Gasteiger partial charge in [0.2, 0.25) is 0 Å². The minimum absolute atomic E-state index is 0.0177. The molecule has 2 atom stereocenters. The van der Waals surface area contributed by atoms with Gasteiger partial charge in [-0.2, -0.15) is 0 Å². The molecule has 27 heavy (non-hydrogen) atoms. The van der Waals surface area contributed by atoms with Gasteiger partial charge < -0.3 is 24.6 Å². The van der Waals surface area contributed by atoms with E-state index in [4.69, 9.17) is 14.2 Å². The molecule has 0 bridgehead atoms. The standard InChI is InChI=1S/C21H25NO5/c1-14(16-6-7-20-21(11-16)26-9-8-25-20)22-12-18(24)13-27-19-5-3-4-17(10-19)15(2)23/h3-7,10-11,14,18,22,24H,8-9,12-13H2,1-2H3/t14-,18-/m1/s1. The van der Waals surface area contributed by atoms with Gasteiger partial charge in [-0.15, -0.1) is 0 Å². The summed E-state index contributed by atoms with van der Waals surface area (Å²) in [5.74, 6) is 2.07. The molecular weight excluding hydrogens is 346 g/mol. The largest absolute Gasteiger partial charge is 0.491 e. The minimum Gasteiger partial charge on any atom is -0.491 e. The van der Waals surface area contributed by atoms with Gasteiger partial charge in [0.1, 0.15) is 31.7 Å². The third-order valence-electron chi connectivity index (χ3n) is 4.41. The summed E-state index contributed by atoms with van der Waals surface area (Å²) in [6.07, 6.45) is -0.675. The second-order valence-corrected chi connectivity index (χ2v) is 6.58. The zero-order valence-electron chi connectivity index (χ0n) is 15.6. The highest BCUT2D eigenvalue weighted by atomic mass is 16.6. The molecule has 3 rings (SSSR count). The number of Topliss-reactive ketones (excluding diaryl/α,β-unsaturated/α-hetero) is 1. The lowest BCUT2D eigenvalue weighted by Gasteiger charge is -2.22. The van der Waals surface area contributed by atoms with Crippen LogP contribution in [0.4, 0.5) is 0 Å². The number of ether oxygens (including phenoxy) is 3. The van der Waals surface area contributed by atoms with Crippen LogP contribution >= 0.6 is 0 Å². The Labute approximate surface area is 159 Å². The van der Waals surface area contributed by atoms with E-state index in [1.165, 1.54) is 6.92 Å². The minimum atomic E-state index is -0.675. The lowest BCUT2D eigenvalue weighted by Crippen LogP contribution is -2.33. The zero-order valence-corrected chi connectivity index (χ0v) is 15.6. The second kappa shape index (κ2) is 8.88. The average Bonchev–Trinajstić information content (AvgIpc) is 2.70. The zero-order chi connectivity index (χ0) is 19.2. The van der Waals surface area contributed by atoms with Crippen molar-refractivity contribution < 1.29 is 24.1 Å². The molecule has 2 aromatic carbocycles. The number of carbonyl (C=O) groups is 1. The van der Waals surface area contributed by atoms with Crippen LogP contribution in [0.5, 0.6) is 17.2 Å². The Kier molecular flexibility index (Phi) is 6.32. The monoisotopic (exact) mass is 371 g/mol. The Hall–Kier alpha value is -2.57. The molecule has 0 unspecified atom stereocenters. The van der Waals surface area contributed by atoms with Crippen molar-refractivity contribution in [2.45, 2.75) is 26.0 Å². The van der Waals surface area contributed by atoms with E-state index in [1.54, 1.807) is 24.3 Å². The number of nitrogens with one attached hydrogen (secondary N) is 1. The van der Waals surface area contributed by atoms with Crippen molar-refractivity contribution in [3.63, 3.8) is 0 Å². The maximum atomic E-state index is 11.4. The first-order valence-corrected chi connectivity index (χ1v) is 9.07.